The van der Waals surface area contributed by atoms with E-state index in [0.29, 0.717) is 6.04 Å². The molecule has 0 aromatic rings. The topological polar surface area (TPSA) is 29.1 Å². The van der Waals surface area contributed by atoms with E-state index in [4.69, 9.17) is 0 Å². The lowest BCUT2D eigenvalue weighted by molar-refractivity contribution is -0.123. The minimum Gasteiger partial charge on any atom is -0.303 e. The van der Waals surface area contributed by atoms with E-state index in [1.807, 2.05) is 6.92 Å². The van der Waals surface area contributed by atoms with Crippen molar-refractivity contribution in [1.82, 2.24) is 5.32 Å². The molecular weight excluding hydrogens is 198 g/mol. The predicted octanol–water partition coefficient (Wildman–Crippen LogP) is 3.47. The van der Waals surface area contributed by atoms with E-state index in [1.165, 1.54) is 5.57 Å². The second kappa shape index (κ2) is 6.85. The van der Waals surface area contributed by atoms with E-state index < -0.39 is 0 Å². The molecule has 0 saturated carbocycles. The van der Waals surface area contributed by atoms with Gasteiger partial charge in [0.1, 0.15) is 5.78 Å². The van der Waals surface area contributed by atoms with Gasteiger partial charge in [0.25, 0.3) is 0 Å². The third-order valence-electron chi connectivity index (χ3n) is 2.82. The van der Waals surface area contributed by atoms with E-state index in [2.05, 4.69) is 39.1 Å². The molecular formula is C14H27NO. The van der Waals surface area contributed by atoms with Crippen LogP contribution in [0.2, 0.25) is 0 Å². The fraction of sp³-hybridized carbons (Fsp3) is 0.786. The van der Waals surface area contributed by atoms with Gasteiger partial charge in [0.05, 0.1) is 5.54 Å². The first-order chi connectivity index (χ1) is 7.28. The number of ketones is 1. The van der Waals surface area contributed by atoms with Crippen LogP contribution in [-0.4, -0.2) is 17.4 Å². The zero-order valence-electron chi connectivity index (χ0n) is 11.7. The number of nitrogens with one attached hydrogen (secondary N) is 1. The van der Waals surface area contributed by atoms with Crippen molar-refractivity contribution in [3.05, 3.63) is 11.6 Å². The molecule has 0 aliphatic heterocycles. The lowest BCUT2D eigenvalue weighted by Crippen LogP contribution is -2.51. The van der Waals surface area contributed by atoms with Crippen LogP contribution in [0.5, 0.6) is 0 Å². The number of allylic oxidation sites excluding steroid dienone is 2. The average molecular weight is 225 g/mol. The molecule has 94 valence electrons. The molecule has 0 aliphatic carbocycles. The molecule has 0 rings (SSSR count). The summed E-state index contributed by atoms with van der Waals surface area (Å²) in [4.78, 5) is 11.7. The first-order valence-electron chi connectivity index (χ1n) is 6.20. The SMILES string of the molecule is CC(=O)[C@@](C)(CCCC=C(C)C)NC(C)C. The number of hydrogen-bond donors (Lipinski definition) is 1. The van der Waals surface area contributed by atoms with Crippen LogP contribution in [0.15, 0.2) is 11.6 Å². The maximum atomic E-state index is 11.7. The Morgan fingerprint density at radius 1 is 1.31 bits per heavy atom. The van der Waals surface area contributed by atoms with Crippen molar-refractivity contribution >= 4 is 5.78 Å². The smallest absolute Gasteiger partial charge is 0.149 e. The first-order valence-corrected chi connectivity index (χ1v) is 6.20. The third kappa shape index (κ3) is 6.06. The number of unbranched alkanes of at least 4 members (excludes halogenated alkanes) is 1. The van der Waals surface area contributed by atoms with Crippen LogP contribution < -0.4 is 5.32 Å². The van der Waals surface area contributed by atoms with Crippen LogP contribution in [0.25, 0.3) is 0 Å². The zero-order chi connectivity index (χ0) is 12.8. The van der Waals surface area contributed by atoms with Gasteiger partial charge in [0.2, 0.25) is 0 Å². The molecule has 0 unspecified atom stereocenters. The monoisotopic (exact) mass is 225 g/mol. The molecule has 1 atom stereocenters. The molecule has 0 heterocycles. The number of carbonyl (C=O) groups is 1. The van der Waals surface area contributed by atoms with E-state index in [-0.39, 0.29) is 11.3 Å². The first kappa shape index (κ1) is 15.4. The molecule has 0 amide bonds. The van der Waals surface area contributed by atoms with E-state index in [9.17, 15) is 4.79 Å². The normalized spacial score (nSPS) is 14.7. The summed E-state index contributed by atoms with van der Waals surface area (Å²) < 4.78 is 0. The van der Waals surface area contributed by atoms with Gasteiger partial charge in [0.15, 0.2) is 0 Å². The molecule has 0 radical (unpaired) electrons. The van der Waals surface area contributed by atoms with Crippen LogP contribution in [0.4, 0.5) is 0 Å². The van der Waals surface area contributed by atoms with Crippen molar-refractivity contribution in [1.29, 1.82) is 0 Å². The Hall–Kier alpha value is -0.630. The summed E-state index contributed by atoms with van der Waals surface area (Å²) in [6, 6.07) is 0.345. The fourth-order valence-electron chi connectivity index (χ4n) is 1.83. The Bertz CT molecular complexity index is 251. The number of rotatable bonds is 7. The molecule has 1 N–H and O–H groups in total. The van der Waals surface area contributed by atoms with Crippen molar-refractivity contribution in [3.8, 4) is 0 Å². The lowest BCUT2D eigenvalue weighted by Gasteiger charge is -2.30. The van der Waals surface area contributed by atoms with E-state index in [0.717, 1.165) is 19.3 Å². The van der Waals surface area contributed by atoms with Gasteiger partial charge in [-0.3, -0.25) is 4.79 Å². The second-order valence-corrected chi connectivity index (χ2v) is 5.36. The summed E-state index contributed by atoms with van der Waals surface area (Å²) in [5, 5.41) is 3.37. The average Bonchev–Trinajstić information content (AvgIpc) is 2.10. The van der Waals surface area contributed by atoms with Crippen LogP contribution in [0.1, 0.15) is 60.8 Å². The highest BCUT2D eigenvalue weighted by atomic mass is 16.1. The molecule has 0 aromatic heterocycles. The van der Waals surface area contributed by atoms with Crippen molar-refractivity contribution in [2.24, 2.45) is 0 Å². The molecule has 0 aliphatic rings. The van der Waals surface area contributed by atoms with Gasteiger partial charge < -0.3 is 5.32 Å². The van der Waals surface area contributed by atoms with E-state index in [1.54, 1.807) is 6.92 Å². The van der Waals surface area contributed by atoms with Crippen molar-refractivity contribution < 1.29 is 4.79 Å². The largest absolute Gasteiger partial charge is 0.303 e. The van der Waals surface area contributed by atoms with Gasteiger partial charge in [0, 0.05) is 6.04 Å². The molecule has 0 bridgehead atoms. The highest BCUT2D eigenvalue weighted by molar-refractivity contribution is 5.85. The van der Waals surface area contributed by atoms with Crippen LogP contribution in [-0.2, 0) is 4.79 Å². The predicted molar refractivity (Wildman–Crippen MR) is 70.6 cm³/mol. The molecule has 2 nitrogen and oxygen atoms in total. The van der Waals surface area contributed by atoms with Crippen molar-refractivity contribution in [2.45, 2.75) is 72.4 Å². The Morgan fingerprint density at radius 2 is 1.88 bits per heavy atom. The van der Waals surface area contributed by atoms with E-state index >= 15 is 0 Å². The van der Waals surface area contributed by atoms with Gasteiger partial charge in [-0.1, -0.05) is 11.6 Å². The number of Topliss-reactive ketones (excluding diaryl/α,β-unsaturated/α-hetero) is 1. The summed E-state index contributed by atoms with van der Waals surface area (Å²) in [6.45, 7) is 12.1. The minimum atomic E-state index is -0.357. The Kier molecular flexibility index (Phi) is 6.58. The van der Waals surface area contributed by atoms with Gasteiger partial charge in [-0.05, 0) is 60.8 Å². The molecule has 0 saturated heterocycles. The van der Waals surface area contributed by atoms with Crippen molar-refractivity contribution in [2.75, 3.05) is 0 Å². The zero-order valence-corrected chi connectivity index (χ0v) is 11.7. The molecule has 0 spiro atoms. The third-order valence-corrected chi connectivity index (χ3v) is 2.82. The quantitative estimate of drug-likeness (QED) is 0.531. The maximum absolute atomic E-state index is 11.7. The van der Waals surface area contributed by atoms with Gasteiger partial charge in [-0.25, -0.2) is 0 Å². The van der Waals surface area contributed by atoms with Gasteiger partial charge >= 0.3 is 0 Å². The summed E-state index contributed by atoms with van der Waals surface area (Å²) in [5.41, 5.74) is 0.991. The Labute approximate surface area is 101 Å². The molecule has 0 aromatic carbocycles. The molecule has 16 heavy (non-hydrogen) atoms. The fourth-order valence-corrected chi connectivity index (χ4v) is 1.83. The number of hydrogen-bond acceptors (Lipinski definition) is 2. The van der Waals surface area contributed by atoms with Crippen LogP contribution in [0, 0.1) is 0 Å². The minimum absolute atomic E-state index is 0.235. The highest BCUT2D eigenvalue weighted by Crippen LogP contribution is 2.16. The molecule has 2 heteroatoms. The van der Waals surface area contributed by atoms with Crippen LogP contribution in [0.3, 0.4) is 0 Å². The number of carbonyl (C=O) groups excluding carboxylic acids is 1. The second-order valence-electron chi connectivity index (χ2n) is 5.36. The maximum Gasteiger partial charge on any atom is 0.149 e. The van der Waals surface area contributed by atoms with Crippen molar-refractivity contribution in [3.63, 3.8) is 0 Å². The summed E-state index contributed by atoms with van der Waals surface area (Å²) in [5.74, 6) is 0.235. The summed E-state index contributed by atoms with van der Waals surface area (Å²) in [6.07, 6.45) is 5.26. The lowest BCUT2D eigenvalue weighted by atomic mass is 9.90. The highest BCUT2D eigenvalue weighted by Gasteiger charge is 2.29. The van der Waals surface area contributed by atoms with Gasteiger partial charge in [-0.15, -0.1) is 0 Å². The summed E-state index contributed by atoms with van der Waals surface area (Å²) >= 11 is 0. The summed E-state index contributed by atoms with van der Waals surface area (Å²) in [7, 11) is 0. The molecule has 0 fully saturated rings. The Morgan fingerprint density at radius 3 is 2.25 bits per heavy atom. The standard InChI is InChI=1S/C14H27NO/c1-11(2)9-7-8-10-14(6,13(5)16)15-12(3)4/h9,12,15H,7-8,10H2,1-6H3/t14-/m1/s1. The van der Waals surface area contributed by atoms with Gasteiger partial charge in [-0.2, -0.15) is 0 Å². The Balaban J connectivity index is 4.24. The van der Waals surface area contributed by atoms with Crippen LogP contribution >= 0.6 is 0 Å².